The standard InChI is InChI=1S/C25H28O8/c26-21(27)15-9-3-8-14-20(23(28)29)22(24(30)32-16-18-10-4-1-5-11-18)25(31)33-17-19-12-6-2-7-13-19/h1-2,4-7,10-13,20,22H,3,8-9,14-17H2,(H,26,27)(H,28,29). The van der Waals surface area contributed by atoms with Crippen LogP contribution in [0.2, 0.25) is 0 Å². The summed E-state index contributed by atoms with van der Waals surface area (Å²) in [6.45, 7) is -0.208. The minimum absolute atomic E-state index is 0.0144. The van der Waals surface area contributed by atoms with Crippen LogP contribution >= 0.6 is 0 Å². The minimum Gasteiger partial charge on any atom is -0.481 e. The Morgan fingerprint density at radius 3 is 1.61 bits per heavy atom. The first-order valence-electron chi connectivity index (χ1n) is 10.7. The Balaban J connectivity index is 2.09. The van der Waals surface area contributed by atoms with Crippen LogP contribution < -0.4 is 0 Å². The van der Waals surface area contributed by atoms with Crippen LogP contribution in [0.1, 0.15) is 43.2 Å². The van der Waals surface area contributed by atoms with Gasteiger partial charge in [0.2, 0.25) is 0 Å². The smallest absolute Gasteiger partial charge is 0.321 e. The lowest BCUT2D eigenvalue weighted by molar-refractivity contribution is -0.171. The summed E-state index contributed by atoms with van der Waals surface area (Å²) in [5, 5.41) is 18.5. The molecule has 0 aliphatic heterocycles. The molecule has 8 heteroatoms. The molecule has 0 amide bonds. The molecule has 0 spiro atoms. The lowest BCUT2D eigenvalue weighted by atomic mass is 9.87. The second-order valence-electron chi connectivity index (χ2n) is 7.60. The Morgan fingerprint density at radius 2 is 1.18 bits per heavy atom. The monoisotopic (exact) mass is 456 g/mol. The molecule has 0 fully saturated rings. The van der Waals surface area contributed by atoms with E-state index in [0.29, 0.717) is 30.4 Å². The van der Waals surface area contributed by atoms with E-state index in [1.807, 2.05) is 0 Å². The van der Waals surface area contributed by atoms with Gasteiger partial charge in [0.05, 0.1) is 5.92 Å². The van der Waals surface area contributed by atoms with Crippen molar-refractivity contribution in [2.45, 2.75) is 45.3 Å². The number of benzene rings is 2. The van der Waals surface area contributed by atoms with Gasteiger partial charge < -0.3 is 19.7 Å². The van der Waals surface area contributed by atoms with E-state index in [9.17, 15) is 24.3 Å². The second kappa shape index (κ2) is 13.7. The van der Waals surface area contributed by atoms with E-state index in [2.05, 4.69) is 0 Å². The van der Waals surface area contributed by atoms with Crippen LogP contribution in [0, 0.1) is 11.8 Å². The van der Waals surface area contributed by atoms with Crippen LogP contribution in [-0.4, -0.2) is 34.1 Å². The number of unbranched alkanes of at least 4 members (excludes halogenated alkanes) is 2. The fourth-order valence-electron chi connectivity index (χ4n) is 3.31. The SMILES string of the molecule is O=C(O)CCCCCC(C(=O)O)C(C(=O)OCc1ccccc1)C(=O)OCc1ccccc1. The normalized spacial score (nSPS) is 11.5. The summed E-state index contributed by atoms with van der Waals surface area (Å²) in [6, 6.07) is 17.7. The maximum Gasteiger partial charge on any atom is 0.321 e. The average Bonchev–Trinajstić information content (AvgIpc) is 2.81. The summed E-state index contributed by atoms with van der Waals surface area (Å²) in [5.74, 6) is -7.15. The topological polar surface area (TPSA) is 127 Å². The molecule has 1 unspecified atom stereocenters. The van der Waals surface area contributed by atoms with Gasteiger partial charge in [-0.3, -0.25) is 19.2 Å². The van der Waals surface area contributed by atoms with Crippen molar-refractivity contribution in [3.8, 4) is 0 Å². The van der Waals surface area contributed by atoms with Crippen LogP contribution in [0.4, 0.5) is 0 Å². The molecule has 0 radical (unpaired) electrons. The number of hydrogen-bond acceptors (Lipinski definition) is 6. The summed E-state index contributed by atoms with van der Waals surface area (Å²) in [5.41, 5.74) is 1.39. The first-order chi connectivity index (χ1) is 15.9. The molecule has 33 heavy (non-hydrogen) atoms. The number of carboxylic acid groups (broad SMARTS) is 2. The van der Waals surface area contributed by atoms with Gasteiger partial charge >= 0.3 is 23.9 Å². The average molecular weight is 456 g/mol. The summed E-state index contributed by atoms with van der Waals surface area (Å²) in [6.07, 6.45) is 1.17. The van der Waals surface area contributed by atoms with Gasteiger partial charge in [0.25, 0.3) is 0 Å². The van der Waals surface area contributed by atoms with Crippen molar-refractivity contribution in [1.29, 1.82) is 0 Å². The van der Waals surface area contributed by atoms with Crippen LogP contribution in [-0.2, 0) is 41.9 Å². The van der Waals surface area contributed by atoms with Gasteiger partial charge in [-0.15, -0.1) is 0 Å². The molecule has 8 nitrogen and oxygen atoms in total. The van der Waals surface area contributed by atoms with Crippen LogP contribution in [0.3, 0.4) is 0 Å². The molecular formula is C25H28O8. The number of carboxylic acids is 2. The van der Waals surface area contributed by atoms with E-state index >= 15 is 0 Å². The van der Waals surface area contributed by atoms with E-state index in [1.165, 1.54) is 0 Å². The summed E-state index contributed by atoms with van der Waals surface area (Å²) >= 11 is 0. The zero-order valence-electron chi connectivity index (χ0n) is 18.2. The number of esters is 2. The number of ether oxygens (including phenoxy) is 2. The molecule has 0 saturated heterocycles. The third-order valence-electron chi connectivity index (χ3n) is 5.08. The van der Waals surface area contributed by atoms with Crippen molar-refractivity contribution in [2.75, 3.05) is 0 Å². The fourth-order valence-corrected chi connectivity index (χ4v) is 3.31. The molecule has 0 bridgehead atoms. The number of hydrogen-bond donors (Lipinski definition) is 2. The highest BCUT2D eigenvalue weighted by Gasteiger charge is 2.41. The highest BCUT2D eigenvalue weighted by Crippen LogP contribution is 2.24. The molecule has 1 atom stereocenters. The number of rotatable bonds is 14. The highest BCUT2D eigenvalue weighted by atomic mass is 16.6. The first kappa shape index (κ1) is 25.6. The highest BCUT2D eigenvalue weighted by molar-refractivity contribution is 5.98. The molecule has 176 valence electrons. The van der Waals surface area contributed by atoms with Crippen LogP contribution in [0.15, 0.2) is 60.7 Å². The molecule has 0 saturated carbocycles. The maximum atomic E-state index is 12.8. The Kier molecular flexibility index (Phi) is 10.6. The zero-order valence-corrected chi connectivity index (χ0v) is 18.2. The largest absolute Gasteiger partial charge is 0.481 e. The van der Waals surface area contributed by atoms with E-state index in [-0.39, 0.29) is 26.1 Å². The van der Waals surface area contributed by atoms with Crippen LogP contribution in [0.25, 0.3) is 0 Å². The summed E-state index contributed by atoms with van der Waals surface area (Å²) in [4.78, 5) is 48.3. The van der Waals surface area contributed by atoms with Gasteiger partial charge in [0.15, 0.2) is 5.92 Å². The van der Waals surface area contributed by atoms with E-state index in [4.69, 9.17) is 14.6 Å². The second-order valence-corrected chi connectivity index (χ2v) is 7.60. The predicted octanol–water partition coefficient (Wildman–Crippen LogP) is 3.83. The fraction of sp³-hybridized carbons (Fsp3) is 0.360. The van der Waals surface area contributed by atoms with Gasteiger partial charge in [-0.25, -0.2) is 0 Å². The quantitative estimate of drug-likeness (QED) is 0.249. The van der Waals surface area contributed by atoms with E-state index in [1.54, 1.807) is 60.7 Å². The molecule has 2 N–H and O–H groups in total. The number of carbonyl (C=O) groups excluding carboxylic acids is 2. The van der Waals surface area contributed by atoms with Crippen molar-refractivity contribution < 1.29 is 38.9 Å². The lowest BCUT2D eigenvalue weighted by Crippen LogP contribution is -2.38. The molecule has 2 rings (SSSR count). The molecular weight excluding hydrogens is 428 g/mol. The van der Waals surface area contributed by atoms with Crippen molar-refractivity contribution in [1.82, 2.24) is 0 Å². The molecule has 0 aliphatic carbocycles. The van der Waals surface area contributed by atoms with Gasteiger partial charge in [-0.05, 0) is 24.0 Å². The van der Waals surface area contributed by atoms with E-state index in [0.717, 1.165) is 0 Å². The Morgan fingerprint density at radius 1 is 0.697 bits per heavy atom. The summed E-state index contributed by atoms with van der Waals surface area (Å²) in [7, 11) is 0. The Hall–Kier alpha value is -3.68. The van der Waals surface area contributed by atoms with Gasteiger partial charge in [0, 0.05) is 6.42 Å². The zero-order chi connectivity index (χ0) is 24.1. The lowest BCUT2D eigenvalue weighted by Gasteiger charge is -2.21. The van der Waals surface area contributed by atoms with Crippen molar-refractivity contribution >= 4 is 23.9 Å². The molecule has 0 aliphatic rings. The third-order valence-corrected chi connectivity index (χ3v) is 5.08. The van der Waals surface area contributed by atoms with E-state index < -0.39 is 35.7 Å². The molecule has 2 aromatic carbocycles. The van der Waals surface area contributed by atoms with Gasteiger partial charge in [-0.2, -0.15) is 0 Å². The Labute approximate surface area is 192 Å². The molecule has 0 aromatic heterocycles. The molecule has 2 aromatic rings. The van der Waals surface area contributed by atoms with Gasteiger partial charge in [-0.1, -0.05) is 73.5 Å². The van der Waals surface area contributed by atoms with Crippen LogP contribution in [0.5, 0.6) is 0 Å². The minimum atomic E-state index is -1.63. The first-order valence-corrected chi connectivity index (χ1v) is 10.7. The molecule has 0 heterocycles. The van der Waals surface area contributed by atoms with Crippen molar-refractivity contribution in [2.24, 2.45) is 11.8 Å². The van der Waals surface area contributed by atoms with Crippen molar-refractivity contribution in [3.63, 3.8) is 0 Å². The summed E-state index contributed by atoms with van der Waals surface area (Å²) < 4.78 is 10.5. The maximum absolute atomic E-state index is 12.8. The third kappa shape index (κ3) is 9.14. The Bertz CT molecular complexity index is 855. The predicted molar refractivity (Wildman–Crippen MR) is 118 cm³/mol. The van der Waals surface area contributed by atoms with Gasteiger partial charge in [0.1, 0.15) is 13.2 Å². The number of aliphatic carboxylic acids is 2. The number of carbonyl (C=O) groups is 4. The van der Waals surface area contributed by atoms with Crippen molar-refractivity contribution in [3.05, 3.63) is 71.8 Å².